The molecule has 0 aliphatic heterocycles. The number of hydrogen-bond acceptors (Lipinski definition) is 7. The molecule has 27 heavy (non-hydrogen) atoms. The first-order valence-corrected chi connectivity index (χ1v) is 9.06. The van der Waals surface area contributed by atoms with Crippen LogP contribution in [0, 0.1) is 0 Å². The number of azo groups is 1. The number of sulfonamides is 1. The standard InChI is InChI=1S/C16H15N5O5S/c1-18-27(24,25)11-5-2-9(3-6-11)20-21-14-12-8-10(26-16(17)23)4-7-13(12)19-15(14)22/h2-8,18-19,22H,1H3,(H2,17,23). The number of H-pyrrole nitrogens is 1. The fourth-order valence-electron chi connectivity index (χ4n) is 2.34. The number of aromatic nitrogens is 1. The lowest BCUT2D eigenvalue weighted by atomic mass is 10.2. The molecule has 0 atom stereocenters. The smallest absolute Gasteiger partial charge is 0.409 e. The largest absolute Gasteiger partial charge is 0.493 e. The lowest BCUT2D eigenvalue weighted by Gasteiger charge is -2.02. The molecule has 0 radical (unpaired) electrons. The van der Waals surface area contributed by atoms with Gasteiger partial charge < -0.3 is 20.6 Å². The molecule has 11 heteroatoms. The number of aromatic amines is 1. The van der Waals surface area contributed by atoms with Crippen LogP contribution in [-0.4, -0.2) is 31.6 Å². The Hall–Kier alpha value is -3.44. The Kier molecular flexibility index (Phi) is 4.79. The van der Waals surface area contributed by atoms with Crippen LogP contribution < -0.4 is 15.2 Å². The van der Waals surface area contributed by atoms with Crippen LogP contribution >= 0.6 is 0 Å². The highest BCUT2D eigenvalue weighted by Gasteiger charge is 2.13. The van der Waals surface area contributed by atoms with Crippen LogP contribution in [0.1, 0.15) is 0 Å². The van der Waals surface area contributed by atoms with E-state index >= 15 is 0 Å². The molecule has 1 heterocycles. The SMILES string of the molecule is CNS(=O)(=O)c1ccc(N=Nc2c(O)[nH]c3ccc(OC(N)=O)cc23)cc1. The van der Waals surface area contributed by atoms with Gasteiger partial charge in [-0.2, -0.15) is 5.11 Å². The molecule has 3 aromatic rings. The highest BCUT2D eigenvalue weighted by atomic mass is 32.2. The third kappa shape index (κ3) is 3.88. The summed E-state index contributed by atoms with van der Waals surface area (Å²) >= 11 is 0. The van der Waals surface area contributed by atoms with Crippen LogP contribution in [0.5, 0.6) is 11.6 Å². The zero-order valence-electron chi connectivity index (χ0n) is 14.0. The number of nitrogens with one attached hydrogen (secondary N) is 2. The summed E-state index contributed by atoms with van der Waals surface area (Å²) in [7, 11) is -2.22. The molecule has 0 spiro atoms. The third-order valence-corrected chi connectivity index (χ3v) is 5.05. The Bertz CT molecular complexity index is 1140. The van der Waals surface area contributed by atoms with Crippen molar-refractivity contribution < 1.29 is 23.1 Å². The molecule has 140 valence electrons. The van der Waals surface area contributed by atoms with Gasteiger partial charge in [-0.1, -0.05) is 0 Å². The molecule has 5 N–H and O–H groups in total. The third-order valence-electron chi connectivity index (χ3n) is 3.62. The average molecular weight is 389 g/mol. The monoisotopic (exact) mass is 389 g/mol. The topological polar surface area (TPSA) is 159 Å². The van der Waals surface area contributed by atoms with E-state index in [1.54, 1.807) is 6.07 Å². The number of primary amides is 1. The molecule has 10 nitrogen and oxygen atoms in total. The fraction of sp³-hybridized carbons (Fsp3) is 0.0625. The van der Waals surface area contributed by atoms with Crippen LogP contribution in [0.4, 0.5) is 16.2 Å². The summed E-state index contributed by atoms with van der Waals surface area (Å²) < 4.78 is 30.4. The fourth-order valence-corrected chi connectivity index (χ4v) is 3.07. The first-order valence-electron chi connectivity index (χ1n) is 7.57. The number of aromatic hydroxyl groups is 1. The van der Waals surface area contributed by atoms with Gasteiger partial charge in [0.15, 0.2) is 5.69 Å². The van der Waals surface area contributed by atoms with Gasteiger partial charge in [0.25, 0.3) is 0 Å². The normalized spacial score (nSPS) is 11.9. The van der Waals surface area contributed by atoms with Crippen molar-refractivity contribution in [2.45, 2.75) is 4.90 Å². The van der Waals surface area contributed by atoms with Gasteiger partial charge in [-0.25, -0.2) is 17.9 Å². The van der Waals surface area contributed by atoms with E-state index in [0.29, 0.717) is 16.6 Å². The van der Waals surface area contributed by atoms with E-state index in [9.17, 15) is 18.3 Å². The van der Waals surface area contributed by atoms with Gasteiger partial charge in [0, 0.05) is 5.39 Å². The molecule has 1 amide bonds. The summed E-state index contributed by atoms with van der Waals surface area (Å²) in [6.07, 6.45) is -0.964. The highest BCUT2D eigenvalue weighted by molar-refractivity contribution is 7.89. The van der Waals surface area contributed by atoms with Gasteiger partial charge in [-0.15, -0.1) is 5.11 Å². The maximum absolute atomic E-state index is 11.7. The van der Waals surface area contributed by atoms with Gasteiger partial charge in [-0.3, -0.25) is 0 Å². The maximum Gasteiger partial charge on any atom is 0.409 e. The summed E-state index contributed by atoms with van der Waals surface area (Å²) in [4.78, 5) is 13.7. The summed E-state index contributed by atoms with van der Waals surface area (Å²) in [6, 6.07) is 10.3. The first-order chi connectivity index (χ1) is 12.8. The van der Waals surface area contributed by atoms with E-state index < -0.39 is 16.1 Å². The van der Waals surface area contributed by atoms with E-state index in [0.717, 1.165) is 0 Å². The van der Waals surface area contributed by atoms with Crippen molar-refractivity contribution in [3.63, 3.8) is 0 Å². The molecule has 0 aliphatic carbocycles. The molecular weight excluding hydrogens is 374 g/mol. The van der Waals surface area contributed by atoms with E-state index in [-0.39, 0.29) is 22.2 Å². The molecule has 0 bridgehead atoms. The van der Waals surface area contributed by atoms with Crippen molar-refractivity contribution in [3.8, 4) is 11.6 Å². The van der Waals surface area contributed by atoms with Crippen molar-refractivity contribution in [3.05, 3.63) is 42.5 Å². The lowest BCUT2D eigenvalue weighted by molar-refractivity contribution is 0.211. The van der Waals surface area contributed by atoms with Crippen molar-refractivity contribution in [1.29, 1.82) is 0 Å². The summed E-state index contributed by atoms with van der Waals surface area (Å²) in [5, 5.41) is 18.5. The molecule has 0 aliphatic rings. The zero-order chi connectivity index (χ0) is 19.6. The molecule has 1 aromatic heterocycles. The number of rotatable bonds is 5. The lowest BCUT2D eigenvalue weighted by Crippen LogP contribution is -2.18. The number of nitrogens with zero attached hydrogens (tertiary/aromatic N) is 2. The predicted molar refractivity (Wildman–Crippen MR) is 97.0 cm³/mol. The van der Waals surface area contributed by atoms with Crippen molar-refractivity contribution in [2.24, 2.45) is 16.0 Å². The van der Waals surface area contributed by atoms with Crippen molar-refractivity contribution in [1.82, 2.24) is 9.71 Å². The average Bonchev–Trinajstić information content (AvgIpc) is 2.94. The molecule has 2 aromatic carbocycles. The second-order valence-electron chi connectivity index (χ2n) is 5.35. The van der Waals surface area contributed by atoms with Crippen LogP contribution in [0.25, 0.3) is 10.9 Å². The number of benzene rings is 2. The summed E-state index contributed by atoms with van der Waals surface area (Å²) in [5.74, 6) is -0.0357. The molecule has 3 rings (SSSR count). The number of amides is 1. The minimum Gasteiger partial charge on any atom is -0.493 e. The van der Waals surface area contributed by atoms with Gasteiger partial charge >= 0.3 is 6.09 Å². The van der Waals surface area contributed by atoms with Crippen LogP contribution in [-0.2, 0) is 10.0 Å². The maximum atomic E-state index is 11.7. The second-order valence-corrected chi connectivity index (χ2v) is 7.24. The minimum atomic E-state index is -3.54. The molecule has 0 unspecified atom stereocenters. The number of nitrogens with two attached hydrogens (primary N) is 1. The molecule has 0 saturated carbocycles. The van der Waals surface area contributed by atoms with Gasteiger partial charge in [0.2, 0.25) is 15.9 Å². The van der Waals surface area contributed by atoms with Crippen LogP contribution in [0.3, 0.4) is 0 Å². The second kappa shape index (κ2) is 7.05. The molecular formula is C16H15N5O5S. The molecule has 0 saturated heterocycles. The number of carbonyl (C=O) groups is 1. The highest BCUT2D eigenvalue weighted by Crippen LogP contribution is 2.38. The zero-order valence-corrected chi connectivity index (χ0v) is 14.8. The Labute approximate surface area is 153 Å². The quantitative estimate of drug-likeness (QED) is 0.493. The van der Waals surface area contributed by atoms with Crippen LogP contribution in [0.2, 0.25) is 0 Å². The van der Waals surface area contributed by atoms with Crippen molar-refractivity contribution >= 4 is 38.4 Å². The van der Waals surface area contributed by atoms with E-state index in [2.05, 4.69) is 19.9 Å². The predicted octanol–water partition coefficient (Wildman–Crippen LogP) is 2.65. The van der Waals surface area contributed by atoms with E-state index in [1.165, 1.54) is 43.4 Å². The Balaban J connectivity index is 1.93. The minimum absolute atomic E-state index is 0.0899. The summed E-state index contributed by atoms with van der Waals surface area (Å²) in [5.41, 5.74) is 6.05. The van der Waals surface area contributed by atoms with Gasteiger partial charge in [0.1, 0.15) is 5.75 Å². The summed E-state index contributed by atoms with van der Waals surface area (Å²) in [6.45, 7) is 0. The van der Waals surface area contributed by atoms with Crippen molar-refractivity contribution in [2.75, 3.05) is 7.05 Å². The Morgan fingerprint density at radius 3 is 2.52 bits per heavy atom. The molecule has 0 fully saturated rings. The van der Waals surface area contributed by atoms with E-state index in [1.807, 2.05) is 0 Å². The van der Waals surface area contributed by atoms with Crippen LogP contribution in [0.15, 0.2) is 57.6 Å². The Morgan fingerprint density at radius 2 is 1.89 bits per heavy atom. The number of ether oxygens (including phenoxy) is 1. The number of hydrogen-bond donors (Lipinski definition) is 4. The number of carbonyl (C=O) groups excluding carboxylic acids is 1. The van der Waals surface area contributed by atoms with E-state index in [4.69, 9.17) is 10.5 Å². The number of fused-ring (bicyclic) bond motifs is 1. The van der Waals surface area contributed by atoms with Gasteiger partial charge in [-0.05, 0) is 49.5 Å². The Morgan fingerprint density at radius 1 is 1.19 bits per heavy atom. The first kappa shape index (κ1) is 18.4. The van der Waals surface area contributed by atoms with Gasteiger partial charge in [0.05, 0.1) is 16.1 Å².